The molecule has 0 aromatic heterocycles. The maximum Gasteiger partial charge on any atom is -0.0102 e. The van der Waals surface area contributed by atoms with Crippen LogP contribution in [0.3, 0.4) is 0 Å². The average Bonchev–Trinajstić information content (AvgIpc) is 3.10. The van der Waals surface area contributed by atoms with Gasteiger partial charge in [0.1, 0.15) is 0 Å². The van der Waals surface area contributed by atoms with Gasteiger partial charge in [0.15, 0.2) is 0 Å². The van der Waals surface area contributed by atoms with Crippen LogP contribution in [-0.4, -0.2) is 0 Å². The summed E-state index contributed by atoms with van der Waals surface area (Å²) in [5, 5.41) is 0. The summed E-state index contributed by atoms with van der Waals surface area (Å²) in [5.41, 5.74) is 18.2. The average molecular weight is 683 g/mol. The van der Waals surface area contributed by atoms with E-state index in [4.69, 9.17) is 0 Å². The van der Waals surface area contributed by atoms with Gasteiger partial charge in [-0.15, -0.1) is 0 Å². The molecular formula is C52H58. The molecule has 0 aliphatic carbocycles. The smallest absolute Gasteiger partial charge is 0.0102 e. The molecule has 0 aliphatic heterocycles. The van der Waals surface area contributed by atoms with Crippen LogP contribution in [0.2, 0.25) is 0 Å². The molecule has 266 valence electrons. The van der Waals surface area contributed by atoms with Gasteiger partial charge in [0, 0.05) is 0 Å². The van der Waals surface area contributed by atoms with E-state index < -0.39 is 0 Å². The Bertz CT molecular complexity index is 2020. The van der Waals surface area contributed by atoms with Crippen molar-refractivity contribution in [3.8, 4) is 55.6 Å². The molecule has 0 saturated heterocycles. The third kappa shape index (κ3) is 8.03. The van der Waals surface area contributed by atoms with Gasteiger partial charge in [0.2, 0.25) is 0 Å². The first-order chi connectivity index (χ1) is 24.3. The van der Waals surface area contributed by atoms with E-state index in [2.05, 4.69) is 217 Å². The Balaban J connectivity index is 1.46. The van der Waals surface area contributed by atoms with Gasteiger partial charge in [-0.05, 0) is 112 Å². The van der Waals surface area contributed by atoms with E-state index in [9.17, 15) is 0 Å². The van der Waals surface area contributed by atoms with Gasteiger partial charge in [-0.1, -0.05) is 204 Å². The SMILES string of the molecule is CC(C)(C)c1ccc(-c2ccc(C(C)(C)C)cc2-c2cccc(-c3cccc(-c4cc(C(C)(C)C)ccc4-c4ccc(C(C)(C)C)cc4)c3)c2)cc1. The van der Waals surface area contributed by atoms with E-state index >= 15 is 0 Å². The van der Waals surface area contributed by atoms with E-state index in [1.54, 1.807) is 0 Å². The summed E-state index contributed by atoms with van der Waals surface area (Å²) in [6, 6.07) is 50.7. The highest BCUT2D eigenvalue weighted by atomic mass is 14.3. The van der Waals surface area contributed by atoms with E-state index in [0.717, 1.165) is 0 Å². The van der Waals surface area contributed by atoms with E-state index in [1.165, 1.54) is 77.9 Å². The van der Waals surface area contributed by atoms with Crippen molar-refractivity contribution in [3.05, 3.63) is 156 Å². The maximum absolute atomic E-state index is 2.41. The van der Waals surface area contributed by atoms with Gasteiger partial charge < -0.3 is 0 Å². The van der Waals surface area contributed by atoms with Crippen LogP contribution in [0.25, 0.3) is 55.6 Å². The Labute approximate surface area is 315 Å². The van der Waals surface area contributed by atoms with Crippen molar-refractivity contribution in [2.24, 2.45) is 0 Å². The summed E-state index contributed by atoms with van der Waals surface area (Å²) in [6.45, 7) is 27.5. The monoisotopic (exact) mass is 682 g/mol. The Hall–Kier alpha value is -4.68. The van der Waals surface area contributed by atoms with Crippen LogP contribution in [0, 0.1) is 0 Å². The van der Waals surface area contributed by atoms with Gasteiger partial charge in [0.25, 0.3) is 0 Å². The molecule has 0 aliphatic rings. The lowest BCUT2D eigenvalue weighted by atomic mass is 9.81. The predicted molar refractivity (Wildman–Crippen MR) is 228 cm³/mol. The minimum atomic E-state index is 0.0433. The van der Waals surface area contributed by atoms with Crippen LogP contribution in [0.15, 0.2) is 133 Å². The van der Waals surface area contributed by atoms with Crippen molar-refractivity contribution in [1.82, 2.24) is 0 Å². The fourth-order valence-corrected chi connectivity index (χ4v) is 7.03. The number of hydrogen-bond donors (Lipinski definition) is 0. The van der Waals surface area contributed by atoms with Crippen molar-refractivity contribution in [1.29, 1.82) is 0 Å². The largest absolute Gasteiger partial charge is 0.0610 e. The molecule has 0 nitrogen and oxygen atoms in total. The quantitative estimate of drug-likeness (QED) is 0.170. The van der Waals surface area contributed by atoms with E-state index in [1.807, 2.05) is 0 Å². The second-order valence-electron chi connectivity index (χ2n) is 18.8. The lowest BCUT2D eigenvalue weighted by molar-refractivity contribution is 0.590. The van der Waals surface area contributed by atoms with Crippen molar-refractivity contribution in [2.75, 3.05) is 0 Å². The fraction of sp³-hybridized carbons (Fsp3) is 0.308. The highest BCUT2D eigenvalue weighted by Gasteiger charge is 2.21. The Morgan fingerprint density at radius 3 is 0.827 bits per heavy atom. The first kappa shape index (κ1) is 37.1. The summed E-state index contributed by atoms with van der Waals surface area (Å²) in [6.07, 6.45) is 0. The normalized spacial score (nSPS) is 12.6. The number of rotatable bonds is 5. The molecule has 6 rings (SSSR count). The third-order valence-electron chi connectivity index (χ3n) is 10.6. The van der Waals surface area contributed by atoms with Gasteiger partial charge in [-0.3, -0.25) is 0 Å². The first-order valence-electron chi connectivity index (χ1n) is 19.0. The molecule has 0 unspecified atom stereocenters. The molecule has 6 aromatic carbocycles. The summed E-state index contributed by atoms with van der Waals surface area (Å²) in [5.74, 6) is 0. The van der Waals surface area contributed by atoms with Gasteiger partial charge in [-0.2, -0.15) is 0 Å². The van der Waals surface area contributed by atoms with Crippen molar-refractivity contribution in [2.45, 2.75) is 105 Å². The standard InChI is InChI=1S/C52H58/c1-49(2,3)41-23-19-35(20-24-41)45-29-27-43(51(7,8)9)33-47(45)39-17-13-15-37(31-39)38-16-14-18-40(32-38)48-34-44(52(10,11)12)28-30-46(48)36-21-25-42(26-22-36)50(4,5)6/h13-34H,1-12H3. The minimum absolute atomic E-state index is 0.0433. The third-order valence-corrected chi connectivity index (χ3v) is 10.6. The lowest BCUT2D eigenvalue weighted by Gasteiger charge is -2.23. The molecule has 0 amide bonds. The zero-order chi connectivity index (χ0) is 37.6. The zero-order valence-corrected chi connectivity index (χ0v) is 33.7. The molecular weight excluding hydrogens is 625 g/mol. The topological polar surface area (TPSA) is 0 Å². The summed E-state index contributed by atoms with van der Waals surface area (Å²) < 4.78 is 0. The van der Waals surface area contributed by atoms with Crippen LogP contribution in [0.4, 0.5) is 0 Å². The summed E-state index contributed by atoms with van der Waals surface area (Å²) >= 11 is 0. The summed E-state index contributed by atoms with van der Waals surface area (Å²) in [7, 11) is 0. The number of hydrogen-bond acceptors (Lipinski definition) is 0. The van der Waals surface area contributed by atoms with Crippen LogP contribution in [0.1, 0.15) is 105 Å². The molecule has 52 heavy (non-hydrogen) atoms. The second-order valence-corrected chi connectivity index (χ2v) is 18.8. The highest BCUT2D eigenvalue weighted by Crippen LogP contribution is 2.41. The number of benzene rings is 6. The highest BCUT2D eigenvalue weighted by molar-refractivity contribution is 5.88. The van der Waals surface area contributed by atoms with Crippen LogP contribution < -0.4 is 0 Å². The Morgan fingerprint density at radius 1 is 0.231 bits per heavy atom. The Morgan fingerprint density at radius 2 is 0.519 bits per heavy atom. The van der Waals surface area contributed by atoms with Crippen molar-refractivity contribution in [3.63, 3.8) is 0 Å². The molecule has 0 N–H and O–H groups in total. The molecule has 0 saturated carbocycles. The minimum Gasteiger partial charge on any atom is -0.0610 e. The lowest BCUT2D eigenvalue weighted by Crippen LogP contribution is -2.11. The summed E-state index contributed by atoms with van der Waals surface area (Å²) in [4.78, 5) is 0. The molecule has 0 heteroatoms. The first-order valence-corrected chi connectivity index (χ1v) is 19.0. The van der Waals surface area contributed by atoms with Crippen molar-refractivity contribution >= 4 is 0 Å². The molecule has 0 spiro atoms. The van der Waals surface area contributed by atoms with Crippen LogP contribution in [0.5, 0.6) is 0 Å². The van der Waals surface area contributed by atoms with E-state index in [-0.39, 0.29) is 21.7 Å². The zero-order valence-electron chi connectivity index (χ0n) is 33.7. The van der Waals surface area contributed by atoms with Crippen LogP contribution in [-0.2, 0) is 21.7 Å². The predicted octanol–water partition coefficient (Wildman–Crippen LogP) is 15.2. The van der Waals surface area contributed by atoms with Gasteiger partial charge in [0.05, 0.1) is 0 Å². The fourth-order valence-electron chi connectivity index (χ4n) is 7.03. The Kier molecular flexibility index (Phi) is 9.77. The van der Waals surface area contributed by atoms with E-state index in [0.29, 0.717) is 0 Å². The molecule has 0 heterocycles. The molecule has 0 radical (unpaired) electrons. The second kappa shape index (κ2) is 13.7. The molecule has 0 bridgehead atoms. The molecule has 0 fully saturated rings. The van der Waals surface area contributed by atoms with Gasteiger partial charge in [-0.25, -0.2) is 0 Å². The van der Waals surface area contributed by atoms with Crippen molar-refractivity contribution < 1.29 is 0 Å². The van der Waals surface area contributed by atoms with Gasteiger partial charge >= 0.3 is 0 Å². The maximum atomic E-state index is 2.41. The molecule has 6 aromatic rings. The van der Waals surface area contributed by atoms with Crippen LogP contribution >= 0.6 is 0 Å². The molecule has 0 atom stereocenters.